The number of hydrogen-bond acceptors (Lipinski definition) is 5. The molecule has 9 heteroatoms. The summed E-state index contributed by atoms with van der Waals surface area (Å²) in [5.74, 6) is 1.78. The molecule has 1 heterocycles. The molecule has 0 atom stereocenters. The minimum Gasteiger partial charge on any atom is -0.478 e. The number of nitrogens with two attached hydrogens (primary N) is 1. The lowest BCUT2D eigenvalue weighted by atomic mass is 9.91. The van der Waals surface area contributed by atoms with E-state index < -0.39 is 11.9 Å². The molecule has 1 aromatic carbocycles. The zero-order valence-electron chi connectivity index (χ0n) is 14.7. The number of carbonyl (C=O) groups is 2. The standard InChI is InChI=1S/C18H20F2N4O3/c1-10-6-15(23-21)14(7-13(10)17(26)27)16-11(9-25)8-22-24(16)12-2-4-18(19,20)5-3-12/h6-9,12,23H,2-5,21H2,1H3,(H,26,27). The summed E-state index contributed by atoms with van der Waals surface area (Å²) in [6, 6.07) is 2.68. The Morgan fingerprint density at radius 1 is 1.41 bits per heavy atom. The summed E-state index contributed by atoms with van der Waals surface area (Å²) >= 11 is 0. The second kappa shape index (κ2) is 7.07. The molecule has 0 spiro atoms. The van der Waals surface area contributed by atoms with Crippen molar-refractivity contribution in [2.75, 3.05) is 5.43 Å². The van der Waals surface area contributed by atoms with E-state index >= 15 is 0 Å². The quantitative estimate of drug-likeness (QED) is 0.418. The number of hydrogen-bond donors (Lipinski definition) is 3. The van der Waals surface area contributed by atoms with Gasteiger partial charge in [-0.25, -0.2) is 13.6 Å². The Kier molecular flexibility index (Phi) is 4.97. The largest absolute Gasteiger partial charge is 0.478 e. The van der Waals surface area contributed by atoms with Crippen LogP contribution >= 0.6 is 0 Å². The average Bonchev–Trinajstić information content (AvgIpc) is 3.04. The molecule has 0 bridgehead atoms. The Balaban J connectivity index is 2.14. The predicted octanol–water partition coefficient (Wildman–Crippen LogP) is 3.41. The molecule has 7 nitrogen and oxygen atoms in total. The molecule has 0 unspecified atom stereocenters. The first-order valence-corrected chi connectivity index (χ1v) is 8.53. The molecule has 1 aromatic heterocycles. The molecule has 0 amide bonds. The number of aldehydes is 1. The van der Waals surface area contributed by atoms with E-state index in [1.807, 2.05) is 0 Å². The van der Waals surface area contributed by atoms with Crippen LogP contribution in [-0.4, -0.2) is 33.1 Å². The molecule has 1 fully saturated rings. The maximum atomic E-state index is 13.5. The molecule has 144 valence electrons. The number of halogens is 2. The topological polar surface area (TPSA) is 110 Å². The van der Waals surface area contributed by atoms with Crippen molar-refractivity contribution < 1.29 is 23.5 Å². The molecular formula is C18H20F2N4O3. The van der Waals surface area contributed by atoms with Crippen LogP contribution in [0.5, 0.6) is 0 Å². The second-order valence-electron chi connectivity index (χ2n) is 6.76. The predicted molar refractivity (Wildman–Crippen MR) is 95.0 cm³/mol. The number of nitrogens with one attached hydrogen (secondary N) is 1. The van der Waals surface area contributed by atoms with Crippen LogP contribution in [0, 0.1) is 6.92 Å². The van der Waals surface area contributed by atoms with Gasteiger partial charge in [0.15, 0.2) is 6.29 Å². The van der Waals surface area contributed by atoms with Gasteiger partial charge in [-0.1, -0.05) is 0 Å². The van der Waals surface area contributed by atoms with Gasteiger partial charge in [0.05, 0.1) is 34.7 Å². The number of rotatable bonds is 5. The van der Waals surface area contributed by atoms with Gasteiger partial charge >= 0.3 is 5.97 Å². The monoisotopic (exact) mass is 378 g/mol. The molecule has 0 radical (unpaired) electrons. The summed E-state index contributed by atoms with van der Waals surface area (Å²) in [5, 5.41) is 13.7. The molecule has 4 N–H and O–H groups in total. The molecule has 1 saturated carbocycles. The summed E-state index contributed by atoms with van der Waals surface area (Å²) in [7, 11) is 0. The Hall–Kier alpha value is -2.81. The van der Waals surface area contributed by atoms with Gasteiger partial charge < -0.3 is 10.5 Å². The smallest absolute Gasteiger partial charge is 0.335 e. The van der Waals surface area contributed by atoms with E-state index in [0.717, 1.165) is 0 Å². The fourth-order valence-corrected chi connectivity index (χ4v) is 3.54. The number of nitrogens with zero attached hydrogens (tertiary/aromatic N) is 2. The van der Waals surface area contributed by atoms with Crippen LogP contribution in [0.2, 0.25) is 0 Å². The number of aromatic nitrogens is 2. The highest BCUT2D eigenvalue weighted by atomic mass is 19.3. The minimum absolute atomic E-state index is 0.0591. The van der Waals surface area contributed by atoms with Crippen LogP contribution in [0.15, 0.2) is 18.3 Å². The maximum absolute atomic E-state index is 13.5. The molecule has 1 aliphatic carbocycles. The fourth-order valence-electron chi connectivity index (χ4n) is 3.54. The van der Waals surface area contributed by atoms with E-state index in [-0.39, 0.29) is 42.9 Å². The van der Waals surface area contributed by atoms with Crippen LogP contribution in [0.3, 0.4) is 0 Å². The van der Waals surface area contributed by atoms with Gasteiger partial charge in [0.25, 0.3) is 0 Å². The molecule has 1 aliphatic rings. The van der Waals surface area contributed by atoms with Crippen LogP contribution in [0.25, 0.3) is 11.3 Å². The fraction of sp³-hybridized carbons (Fsp3) is 0.389. The zero-order chi connectivity index (χ0) is 19.8. The van der Waals surface area contributed by atoms with Crippen LogP contribution in [0.4, 0.5) is 14.5 Å². The van der Waals surface area contributed by atoms with Gasteiger partial charge in [0, 0.05) is 18.4 Å². The molecule has 27 heavy (non-hydrogen) atoms. The summed E-state index contributed by atoms with van der Waals surface area (Å²) in [6.45, 7) is 1.63. The number of hydrazine groups is 1. The number of benzene rings is 1. The minimum atomic E-state index is -2.69. The third-order valence-electron chi connectivity index (χ3n) is 4.99. The van der Waals surface area contributed by atoms with Gasteiger partial charge in [-0.15, -0.1) is 0 Å². The van der Waals surface area contributed by atoms with E-state index in [0.29, 0.717) is 28.8 Å². The first-order valence-electron chi connectivity index (χ1n) is 8.53. The average molecular weight is 378 g/mol. The number of alkyl halides is 2. The van der Waals surface area contributed by atoms with Crippen LogP contribution in [-0.2, 0) is 0 Å². The highest BCUT2D eigenvalue weighted by molar-refractivity contribution is 5.96. The van der Waals surface area contributed by atoms with Crippen molar-refractivity contribution in [1.82, 2.24) is 9.78 Å². The van der Waals surface area contributed by atoms with E-state index in [4.69, 9.17) is 5.84 Å². The Morgan fingerprint density at radius 3 is 2.63 bits per heavy atom. The van der Waals surface area contributed by atoms with E-state index in [1.165, 1.54) is 16.9 Å². The normalized spacial score (nSPS) is 16.9. The summed E-state index contributed by atoms with van der Waals surface area (Å²) < 4.78 is 28.6. The molecule has 2 aromatic rings. The number of aryl methyl sites for hydroxylation is 1. The van der Waals surface area contributed by atoms with Crippen LogP contribution < -0.4 is 11.3 Å². The number of carbonyl (C=O) groups excluding carboxylic acids is 1. The van der Waals surface area contributed by atoms with Crippen LogP contribution in [0.1, 0.15) is 58.0 Å². The SMILES string of the molecule is Cc1cc(NN)c(-c2c(C=O)cnn2C2CCC(F)(F)CC2)cc1C(=O)O. The van der Waals surface area contributed by atoms with Crippen molar-refractivity contribution in [3.05, 3.63) is 35.0 Å². The van der Waals surface area contributed by atoms with Crippen molar-refractivity contribution in [1.29, 1.82) is 0 Å². The Bertz CT molecular complexity index is 885. The third-order valence-corrected chi connectivity index (χ3v) is 4.99. The molecule has 0 saturated heterocycles. The third kappa shape index (κ3) is 3.55. The number of anilines is 1. The first kappa shape index (κ1) is 19.0. The van der Waals surface area contributed by atoms with Crippen molar-refractivity contribution in [2.45, 2.75) is 44.6 Å². The summed E-state index contributed by atoms with van der Waals surface area (Å²) in [5.41, 5.74) is 4.49. The highest BCUT2D eigenvalue weighted by Crippen LogP contribution is 2.41. The second-order valence-corrected chi connectivity index (χ2v) is 6.76. The highest BCUT2D eigenvalue weighted by Gasteiger charge is 2.37. The van der Waals surface area contributed by atoms with Crippen molar-refractivity contribution in [3.8, 4) is 11.3 Å². The first-order chi connectivity index (χ1) is 12.8. The zero-order valence-corrected chi connectivity index (χ0v) is 14.7. The van der Waals surface area contributed by atoms with E-state index in [1.54, 1.807) is 13.0 Å². The lowest BCUT2D eigenvalue weighted by Crippen LogP contribution is -2.27. The summed E-state index contributed by atoms with van der Waals surface area (Å²) in [6.07, 6.45) is 1.87. The van der Waals surface area contributed by atoms with Gasteiger partial charge in [0.2, 0.25) is 5.92 Å². The van der Waals surface area contributed by atoms with Crippen molar-refractivity contribution >= 4 is 17.9 Å². The molecular weight excluding hydrogens is 358 g/mol. The Morgan fingerprint density at radius 2 is 2.07 bits per heavy atom. The van der Waals surface area contributed by atoms with E-state index in [2.05, 4.69) is 10.5 Å². The van der Waals surface area contributed by atoms with E-state index in [9.17, 15) is 23.5 Å². The number of aromatic carboxylic acids is 1. The maximum Gasteiger partial charge on any atom is 0.335 e. The Labute approximate surface area is 154 Å². The lowest BCUT2D eigenvalue weighted by molar-refractivity contribution is -0.0448. The number of carboxylic acid groups (broad SMARTS) is 1. The number of nitrogen functional groups attached to an aromatic ring is 1. The number of carboxylic acids is 1. The van der Waals surface area contributed by atoms with Gasteiger partial charge in [-0.3, -0.25) is 15.3 Å². The lowest BCUT2D eigenvalue weighted by Gasteiger charge is -2.29. The molecule has 3 rings (SSSR count). The molecule has 0 aliphatic heterocycles. The summed E-state index contributed by atoms with van der Waals surface area (Å²) in [4.78, 5) is 23.1. The van der Waals surface area contributed by atoms with Gasteiger partial charge in [0.1, 0.15) is 0 Å². The van der Waals surface area contributed by atoms with Gasteiger partial charge in [-0.2, -0.15) is 5.10 Å². The van der Waals surface area contributed by atoms with Gasteiger partial charge in [-0.05, 0) is 37.5 Å². The van der Waals surface area contributed by atoms with Crippen molar-refractivity contribution in [3.63, 3.8) is 0 Å². The van der Waals surface area contributed by atoms with Crippen molar-refractivity contribution in [2.24, 2.45) is 5.84 Å².